The second kappa shape index (κ2) is 4.64. The number of carbonyl (C=O) groups excluding carboxylic acids is 1. The minimum Gasteiger partial charge on any atom is -0.459 e. The predicted molar refractivity (Wildman–Crippen MR) is 50.3 cm³/mol. The van der Waals surface area contributed by atoms with E-state index in [-0.39, 0.29) is 5.56 Å². The lowest BCUT2D eigenvalue weighted by Gasteiger charge is -1.94. The fourth-order valence-electron chi connectivity index (χ4n) is 0.763. The molecule has 72 valence electrons. The van der Waals surface area contributed by atoms with Gasteiger partial charge in [-0.2, -0.15) is 0 Å². The molecule has 0 aliphatic heterocycles. The van der Waals surface area contributed by atoms with Gasteiger partial charge in [0.1, 0.15) is 5.82 Å². The van der Waals surface area contributed by atoms with E-state index in [1.807, 2.05) is 0 Å². The minimum absolute atomic E-state index is 0.0721. The Morgan fingerprint density at radius 2 is 2.29 bits per heavy atom. The number of carbonyl (C=O) groups is 1. The van der Waals surface area contributed by atoms with E-state index in [0.29, 0.717) is 5.02 Å². The van der Waals surface area contributed by atoms with Crippen LogP contribution in [0.15, 0.2) is 18.2 Å². The Bertz CT molecular complexity index is 418. The molecular formula is C10H6ClFO2. The SMILES string of the molecule is COC(=O)C#Cc1cc(Cl)ccc1F. The molecule has 0 spiro atoms. The Kier molecular flexibility index (Phi) is 3.49. The molecular weight excluding hydrogens is 207 g/mol. The molecule has 0 amide bonds. The molecule has 4 heteroatoms. The van der Waals surface area contributed by atoms with Crippen molar-refractivity contribution in [2.75, 3.05) is 7.11 Å². The van der Waals surface area contributed by atoms with E-state index in [1.165, 1.54) is 25.3 Å². The summed E-state index contributed by atoms with van der Waals surface area (Å²) in [6, 6.07) is 3.93. The maximum atomic E-state index is 13.0. The van der Waals surface area contributed by atoms with Gasteiger partial charge in [0.05, 0.1) is 12.7 Å². The maximum absolute atomic E-state index is 13.0. The summed E-state index contributed by atoms with van der Waals surface area (Å²) < 4.78 is 17.3. The third-order valence-corrected chi connectivity index (χ3v) is 1.65. The van der Waals surface area contributed by atoms with Crippen LogP contribution in [0.3, 0.4) is 0 Å². The first-order chi connectivity index (χ1) is 6.63. The molecule has 0 unspecified atom stereocenters. The van der Waals surface area contributed by atoms with Gasteiger partial charge in [0, 0.05) is 10.9 Å². The normalized spacial score (nSPS) is 8.79. The minimum atomic E-state index is -0.718. The van der Waals surface area contributed by atoms with Crippen molar-refractivity contribution in [1.29, 1.82) is 0 Å². The first-order valence-corrected chi connectivity index (χ1v) is 4.06. The van der Waals surface area contributed by atoms with Crippen molar-refractivity contribution >= 4 is 17.6 Å². The van der Waals surface area contributed by atoms with Crippen LogP contribution in [0.1, 0.15) is 5.56 Å². The van der Waals surface area contributed by atoms with E-state index in [1.54, 1.807) is 0 Å². The lowest BCUT2D eigenvalue weighted by Crippen LogP contribution is -1.95. The third-order valence-electron chi connectivity index (χ3n) is 1.41. The Morgan fingerprint density at radius 3 is 2.93 bits per heavy atom. The first-order valence-electron chi connectivity index (χ1n) is 3.68. The number of benzene rings is 1. The summed E-state index contributed by atoms with van der Waals surface area (Å²) in [6.07, 6.45) is 0. The van der Waals surface area contributed by atoms with Crippen LogP contribution in [0.4, 0.5) is 4.39 Å². The van der Waals surface area contributed by atoms with Gasteiger partial charge >= 0.3 is 5.97 Å². The van der Waals surface area contributed by atoms with Gasteiger partial charge in [-0.05, 0) is 18.2 Å². The fraction of sp³-hybridized carbons (Fsp3) is 0.100. The molecule has 0 atom stereocenters. The molecule has 0 aromatic heterocycles. The number of methoxy groups -OCH3 is 1. The Balaban J connectivity index is 3.00. The standard InChI is InChI=1S/C10H6ClFO2/c1-14-10(13)5-2-7-6-8(11)3-4-9(7)12/h3-4,6H,1H3. The van der Waals surface area contributed by atoms with Crippen molar-refractivity contribution in [2.24, 2.45) is 0 Å². The molecule has 14 heavy (non-hydrogen) atoms. The second-order valence-electron chi connectivity index (χ2n) is 2.37. The van der Waals surface area contributed by atoms with Crippen molar-refractivity contribution < 1.29 is 13.9 Å². The Labute approximate surface area is 85.6 Å². The number of halogens is 2. The van der Waals surface area contributed by atoms with Crippen molar-refractivity contribution in [3.8, 4) is 11.8 Å². The number of esters is 1. The average Bonchev–Trinajstić information content (AvgIpc) is 2.19. The van der Waals surface area contributed by atoms with Crippen molar-refractivity contribution in [2.45, 2.75) is 0 Å². The summed E-state index contributed by atoms with van der Waals surface area (Å²) in [4.78, 5) is 10.6. The van der Waals surface area contributed by atoms with Crippen LogP contribution in [-0.4, -0.2) is 13.1 Å². The Morgan fingerprint density at radius 1 is 1.57 bits per heavy atom. The number of rotatable bonds is 0. The number of hydrogen-bond donors (Lipinski definition) is 0. The molecule has 0 radical (unpaired) electrons. The monoisotopic (exact) mass is 212 g/mol. The summed E-state index contributed by atoms with van der Waals surface area (Å²) in [7, 11) is 1.20. The predicted octanol–water partition coefficient (Wildman–Crippen LogP) is 2.00. The fourth-order valence-corrected chi connectivity index (χ4v) is 0.935. The van der Waals surface area contributed by atoms with Crippen LogP contribution in [-0.2, 0) is 9.53 Å². The molecule has 0 N–H and O–H groups in total. The number of hydrogen-bond acceptors (Lipinski definition) is 2. The van der Waals surface area contributed by atoms with Gasteiger partial charge in [-0.15, -0.1) is 0 Å². The summed E-state index contributed by atoms with van der Waals surface area (Å²) >= 11 is 5.62. The summed E-state index contributed by atoms with van der Waals surface area (Å²) in [5.74, 6) is 3.19. The smallest absolute Gasteiger partial charge is 0.384 e. The molecule has 0 fully saturated rings. The van der Waals surface area contributed by atoms with Gasteiger partial charge in [-0.25, -0.2) is 9.18 Å². The quantitative estimate of drug-likeness (QED) is 0.486. The van der Waals surface area contributed by atoms with Gasteiger partial charge in [-0.1, -0.05) is 17.5 Å². The van der Waals surface area contributed by atoms with Gasteiger partial charge in [-0.3, -0.25) is 0 Å². The van der Waals surface area contributed by atoms with Crippen LogP contribution in [0.2, 0.25) is 5.02 Å². The van der Waals surface area contributed by atoms with E-state index >= 15 is 0 Å². The molecule has 1 aromatic rings. The summed E-state index contributed by atoms with van der Waals surface area (Å²) in [6.45, 7) is 0. The van der Waals surface area contributed by atoms with E-state index in [2.05, 4.69) is 16.6 Å². The van der Waals surface area contributed by atoms with Gasteiger partial charge in [0.25, 0.3) is 0 Å². The van der Waals surface area contributed by atoms with Crippen molar-refractivity contribution in [3.05, 3.63) is 34.6 Å². The maximum Gasteiger partial charge on any atom is 0.384 e. The molecule has 0 heterocycles. The first kappa shape index (κ1) is 10.6. The van der Waals surface area contributed by atoms with Crippen LogP contribution in [0.5, 0.6) is 0 Å². The highest BCUT2D eigenvalue weighted by Gasteiger charge is 1.99. The molecule has 1 rings (SSSR count). The molecule has 1 aromatic carbocycles. The lowest BCUT2D eigenvalue weighted by molar-refractivity contribution is -0.133. The highest BCUT2D eigenvalue weighted by atomic mass is 35.5. The van der Waals surface area contributed by atoms with Crippen LogP contribution in [0, 0.1) is 17.7 Å². The lowest BCUT2D eigenvalue weighted by atomic mass is 10.2. The van der Waals surface area contributed by atoms with Crippen LogP contribution in [0.25, 0.3) is 0 Å². The van der Waals surface area contributed by atoms with Crippen molar-refractivity contribution in [1.82, 2.24) is 0 Å². The van der Waals surface area contributed by atoms with Gasteiger partial charge < -0.3 is 4.74 Å². The third kappa shape index (κ3) is 2.75. The summed E-state index contributed by atoms with van der Waals surface area (Å²) in [5.41, 5.74) is 0.0721. The second-order valence-corrected chi connectivity index (χ2v) is 2.80. The molecule has 0 aliphatic rings. The van der Waals surface area contributed by atoms with Gasteiger partial charge in [0.2, 0.25) is 0 Å². The average molecular weight is 213 g/mol. The van der Waals surface area contributed by atoms with Crippen LogP contribution < -0.4 is 0 Å². The van der Waals surface area contributed by atoms with E-state index < -0.39 is 11.8 Å². The zero-order chi connectivity index (χ0) is 10.6. The molecule has 0 saturated heterocycles. The number of ether oxygens (including phenoxy) is 1. The molecule has 0 bridgehead atoms. The largest absolute Gasteiger partial charge is 0.459 e. The molecule has 0 saturated carbocycles. The van der Waals surface area contributed by atoms with Gasteiger partial charge in [0.15, 0.2) is 0 Å². The van der Waals surface area contributed by atoms with E-state index in [9.17, 15) is 9.18 Å². The van der Waals surface area contributed by atoms with Crippen molar-refractivity contribution in [3.63, 3.8) is 0 Å². The molecule has 0 aliphatic carbocycles. The highest BCUT2D eigenvalue weighted by Crippen LogP contribution is 2.13. The zero-order valence-electron chi connectivity index (χ0n) is 7.30. The van der Waals surface area contributed by atoms with E-state index in [0.717, 1.165) is 0 Å². The highest BCUT2D eigenvalue weighted by molar-refractivity contribution is 6.30. The summed E-state index contributed by atoms with van der Waals surface area (Å²) in [5, 5.41) is 0.362. The zero-order valence-corrected chi connectivity index (χ0v) is 8.06. The molecule has 2 nitrogen and oxygen atoms in total. The van der Waals surface area contributed by atoms with Crippen LogP contribution >= 0.6 is 11.6 Å². The Hall–Kier alpha value is -1.53. The van der Waals surface area contributed by atoms with E-state index in [4.69, 9.17) is 11.6 Å². The topological polar surface area (TPSA) is 26.3 Å².